The number of hydrogen-bond donors (Lipinski definition) is 2. The third kappa shape index (κ3) is 3.85. The summed E-state index contributed by atoms with van der Waals surface area (Å²) in [6.07, 6.45) is 5.10. The van der Waals surface area contributed by atoms with Gasteiger partial charge in [-0.2, -0.15) is 0 Å². The Bertz CT molecular complexity index is 590. The SMILES string of the molecule is O=C(NCc1ccc(-c2ccco2)nc1)NC1CCOCC1. The number of amides is 2. The molecule has 0 spiro atoms. The number of rotatable bonds is 4. The van der Waals surface area contributed by atoms with Crippen molar-refractivity contribution in [3.8, 4) is 11.5 Å². The second-order valence-electron chi connectivity index (χ2n) is 5.24. The fourth-order valence-electron chi connectivity index (χ4n) is 2.36. The summed E-state index contributed by atoms with van der Waals surface area (Å²) in [5, 5.41) is 5.80. The molecular formula is C16H19N3O3. The zero-order valence-corrected chi connectivity index (χ0v) is 12.2. The highest BCUT2D eigenvalue weighted by atomic mass is 16.5. The van der Waals surface area contributed by atoms with Gasteiger partial charge < -0.3 is 19.8 Å². The van der Waals surface area contributed by atoms with Crippen LogP contribution in [0.15, 0.2) is 41.1 Å². The smallest absolute Gasteiger partial charge is 0.315 e. The Kier molecular flexibility index (Phi) is 4.70. The van der Waals surface area contributed by atoms with Gasteiger partial charge in [-0.1, -0.05) is 6.07 Å². The molecule has 3 rings (SSSR count). The van der Waals surface area contributed by atoms with E-state index in [-0.39, 0.29) is 12.1 Å². The van der Waals surface area contributed by atoms with Crippen LogP contribution in [0.1, 0.15) is 18.4 Å². The van der Waals surface area contributed by atoms with Crippen molar-refractivity contribution in [3.05, 3.63) is 42.3 Å². The zero-order valence-electron chi connectivity index (χ0n) is 12.2. The Morgan fingerprint density at radius 3 is 2.82 bits per heavy atom. The van der Waals surface area contributed by atoms with E-state index in [9.17, 15) is 4.79 Å². The normalized spacial score (nSPS) is 15.5. The van der Waals surface area contributed by atoms with E-state index in [1.165, 1.54) is 0 Å². The van der Waals surface area contributed by atoms with Crippen molar-refractivity contribution in [2.24, 2.45) is 0 Å². The molecule has 3 heterocycles. The van der Waals surface area contributed by atoms with Crippen molar-refractivity contribution in [3.63, 3.8) is 0 Å². The van der Waals surface area contributed by atoms with Crippen LogP contribution in [0.3, 0.4) is 0 Å². The van der Waals surface area contributed by atoms with Gasteiger partial charge in [-0.3, -0.25) is 4.98 Å². The maximum atomic E-state index is 11.8. The van der Waals surface area contributed by atoms with Crippen LogP contribution in [-0.2, 0) is 11.3 Å². The minimum Gasteiger partial charge on any atom is -0.463 e. The number of pyridine rings is 1. The molecule has 116 valence electrons. The van der Waals surface area contributed by atoms with Crippen molar-refractivity contribution >= 4 is 6.03 Å². The lowest BCUT2D eigenvalue weighted by Crippen LogP contribution is -2.44. The van der Waals surface area contributed by atoms with Crippen molar-refractivity contribution in [2.75, 3.05) is 13.2 Å². The Balaban J connectivity index is 1.47. The van der Waals surface area contributed by atoms with Crippen LogP contribution in [0.4, 0.5) is 4.79 Å². The second kappa shape index (κ2) is 7.09. The van der Waals surface area contributed by atoms with E-state index < -0.39 is 0 Å². The molecule has 1 aliphatic heterocycles. The molecule has 0 aliphatic carbocycles. The summed E-state index contributed by atoms with van der Waals surface area (Å²) in [6, 6.07) is 7.55. The van der Waals surface area contributed by atoms with Gasteiger partial charge in [0, 0.05) is 32.0 Å². The summed E-state index contributed by atoms with van der Waals surface area (Å²) in [5.41, 5.74) is 1.72. The number of nitrogens with zero attached hydrogens (tertiary/aromatic N) is 1. The van der Waals surface area contributed by atoms with Gasteiger partial charge in [0.05, 0.1) is 6.26 Å². The number of carbonyl (C=O) groups excluding carboxylic acids is 1. The van der Waals surface area contributed by atoms with Crippen LogP contribution < -0.4 is 10.6 Å². The molecule has 0 radical (unpaired) electrons. The van der Waals surface area contributed by atoms with Gasteiger partial charge in [0.25, 0.3) is 0 Å². The van der Waals surface area contributed by atoms with Gasteiger partial charge >= 0.3 is 6.03 Å². The van der Waals surface area contributed by atoms with E-state index in [0.717, 1.165) is 29.9 Å². The van der Waals surface area contributed by atoms with E-state index in [0.29, 0.717) is 19.8 Å². The first-order chi connectivity index (χ1) is 10.8. The number of urea groups is 1. The molecule has 2 N–H and O–H groups in total. The zero-order chi connectivity index (χ0) is 15.2. The largest absolute Gasteiger partial charge is 0.463 e. The average Bonchev–Trinajstić information content (AvgIpc) is 3.09. The lowest BCUT2D eigenvalue weighted by atomic mass is 10.1. The van der Waals surface area contributed by atoms with E-state index in [4.69, 9.17) is 9.15 Å². The topological polar surface area (TPSA) is 76.4 Å². The molecule has 6 nitrogen and oxygen atoms in total. The number of ether oxygens (including phenoxy) is 1. The molecule has 2 amide bonds. The molecule has 0 aromatic carbocycles. The van der Waals surface area contributed by atoms with Crippen LogP contribution >= 0.6 is 0 Å². The van der Waals surface area contributed by atoms with Crippen LogP contribution in [-0.4, -0.2) is 30.3 Å². The van der Waals surface area contributed by atoms with Crippen molar-refractivity contribution in [1.82, 2.24) is 15.6 Å². The molecule has 22 heavy (non-hydrogen) atoms. The molecule has 0 unspecified atom stereocenters. The third-order valence-corrected chi connectivity index (χ3v) is 3.61. The van der Waals surface area contributed by atoms with Crippen molar-refractivity contribution in [1.29, 1.82) is 0 Å². The third-order valence-electron chi connectivity index (χ3n) is 3.61. The lowest BCUT2D eigenvalue weighted by Gasteiger charge is -2.23. The second-order valence-corrected chi connectivity index (χ2v) is 5.24. The van der Waals surface area contributed by atoms with Crippen LogP contribution in [0.5, 0.6) is 0 Å². The molecule has 1 fully saturated rings. The maximum absolute atomic E-state index is 11.8. The minimum atomic E-state index is -0.151. The van der Waals surface area contributed by atoms with Crippen molar-refractivity contribution < 1.29 is 13.9 Å². The van der Waals surface area contributed by atoms with Crippen LogP contribution in [0, 0.1) is 0 Å². The Morgan fingerprint density at radius 2 is 2.14 bits per heavy atom. The summed E-state index contributed by atoms with van der Waals surface area (Å²) >= 11 is 0. The number of hydrogen-bond acceptors (Lipinski definition) is 4. The van der Waals surface area contributed by atoms with Gasteiger partial charge in [0.1, 0.15) is 5.69 Å². The Labute approximate surface area is 128 Å². The van der Waals surface area contributed by atoms with Crippen LogP contribution in [0.2, 0.25) is 0 Å². The summed E-state index contributed by atoms with van der Waals surface area (Å²) in [6.45, 7) is 1.87. The molecule has 2 aromatic rings. The predicted molar refractivity (Wildman–Crippen MR) is 81.2 cm³/mol. The molecule has 1 saturated heterocycles. The summed E-state index contributed by atoms with van der Waals surface area (Å²) < 4.78 is 10.6. The first-order valence-corrected chi connectivity index (χ1v) is 7.42. The van der Waals surface area contributed by atoms with E-state index in [2.05, 4.69) is 15.6 Å². The summed E-state index contributed by atoms with van der Waals surface area (Å²) in [4.78, 5) is 16.2. The fraction of sp³-hybridized carbons (Fsp3) is 0.375. The first kappa shape index (κ1) is 14.6. The number of carbonyl (C=O) groups is 1. The molecular weight excluding hydrogens is 282 g/mol. The number of nitrogens with one attached hydrogen (secondary N) is 2. The van der Waals surface area contributed by atoms with Gasteiger partial charge in [0.2, 0.25) is 0 Å². The maximum Gasteiger partial charge on any atom is 0.315 e. The molecule has 0 atom stereocenters. The molecule has 2 aromatic heterocycles. The van der Waals surface area contributed by atoms with Gasteiger partial charge in [-0.15, -0.1) is 0 Å². The quantitative estimate of drug-likeness (QED) is 0.908. The van der Waals surface area contributed by atoms with E-state index >= 15 is 0 Å². The van der Waals surface area contributed by atoms with Gasteiger partial charge in [0.15, 0.2) is 5.76 Å². The van der Waals surface area contributed by atoms with Crippen LogP contribution in [0.25, 0.3) is 11.5 Å². The first-order valence-electron chi connectivity index (χ1n) is 7.42. The average molecular weight is 301 g/mol. The number of furan rings is 1. The monoisotopic (exact) mass is 301 g/mol. The predicted octanol–water partition coefficient (Wildman–Crippen LogP) is 2.32. The lowest BCUT2D eigenvalue weighted by molar-refractivity contribution is 0.0801. The Hall–Kier alpha value is -2.34. The standard InChI is InChI=1S/C16H19N3O3/c20-16(19-13-5-8-21-9-6-13)18-11-12-3-4-14(17-10-12)15-2-1-7-22-15/h1-4,7,10,13H,5-6,8-9,11H2,(H2,18,19,20). The number of aromatic nitrogens is 1. The Morgan fingerprint density at radius 1 is 1.27 bits per heavy atom. The van der Waals surface area contributed by atoms with E-state index in [1.807, 2.05) is 24.3 Å². The van der Waals surface area contributed by atoms with Gasteiger partial charge in [-0.05, 0) is 36.6 Å². The summed E-state index contributed by atoms with van der Waals surface area (Å²) in [7, 11) is 0. The summed E-state index contributed by atoms with van der Waals surface area (Å²) in [5.74, 6) is 0.733. The highest BCUT2D eigenvalue weighted by Crippen LogP contribution is 2.17. The molecule has 1 aliphatic rings. The molecule has 6 heteroatoms. The highest BCUT2D eigenvalue weighted by Gasteiger charge is 2.15. The minimum absolute atomic E-state index is 0.151. The molecule has 0 bridgehead atoms. The van der Waals surface area contributed by atoms with Crippen molar-refractivity contribution in [2.45, 2.75) is 25.4 Å². The van der Waals surface area contributed by atoms with Gasteiger partial charge in [-0.25, -0.2) is 4.79 Å². The fourth-order valence-corrected chi connectivity index (χ4v) is 2.36. The highest BCUT2D eigenvalue weighted by molar-refractivity contribution is 5.74. The van der Waals surface area contributed by atoms with E-state index in [1.54, 1.807) is 12.5 Å². The molecule has 0 saturated carbocycles.